The number of hydrogen-bond donors (Lipinski definition) is 2. The molecule has 0 fully saturated rings. The lowest BCUT2D eigenvalue weighted by atomic mass is 10.1. The molecular formula is C28H30N2O5. The molecule has 3 aromatic rings. The van der Waals surface area contributed by atoms with E-state index in [1.807, 2.05) is 64.1 Å². The molecule has 2 N–H and O–H groups in total. The van der Waals surface area contributed by atoms with Crippen LogP contribution in [0.2, 0.25) is 0 Å². The lowest BCUT2D eigenvalue weighted by molar-refractivity contribution is -0.147. The zero-order valence-corrected chi connectivity index (χ0v) is 20.4. The molecule has 2 amide bonds. The number of hydrogen-bond acceptors (Lipinski definition) is 5. The van der Waals surface area contributed by atoms with Crippen LogP contribution in [0.1, 0.15) is 35.1 Å². The van der Waals surface area contributed by atoms with E-state index in [1.54, 1.807) is 24.3 Å². The van der Waals surface area contributed by atoms with Gasteiger partial charge in [0.25, 0.3) is 5.91 Å². The number of esters is 1. The first kappa shape index (κ1) is 25.5. The van der Waals surface area contributed by atoms with Gasteiger partial charge >= 0.3 is 5.97 Å². The maximum absolute atomic E-state index is 12.2. The number of aryl methyl sites for hydroxylation is 4. The maximum Gasteiger partial charge on any atom is 0.306 e. The van der Waals surface area contributed by atoms with Gasteiger partial charge in [-0.2, -0.15) is 0 Å². The van der Waals surface area contributed by atoms with Crippen molar-refractivity contribution in [2.45, 2.75) is 40.5 Å². The van der Waals surface area contributed by atoms with Crippen LogP contribution in [0.5, 0.6) is 11.5 Å². The Balaban J connectivity index is 1.38. The van der Waals surface area contributed by atoms with E-state index in [0.717, 1.165) is 22.4 Å². The number of ether oxygens (including phenoxy) is 2. The Bertz CT molecular complexity index is 1200. The Morgan fingerprint density at radius 2 is 1.29 bits per heavy atom. The van der Waals surface area contributed by atoms with Crippen molar-refractivity contribution < 1.29 is 23.9 Å². The van der Waals surface area contributed by atoms with Crippen molar-refractivity contribution in [3.8, 4) is 11.5 Å². The van der Waals surface area contributed by atoms with Gasteiger partial charge in [0.2, 0.25) is 5.91 Å². The highest BCUT2D eigenvalue weighted by molar-refractivity contribution is 5.94. The molecule has 0 heterocycles. The average Bonchev–Trinajstić information content (AvgIpc) is 2.79. The predicted molar refractivity (Wildman–Crippen MR) is 136 cm³/mol. The van der Waals surface area contributed by atoms with E-state index in [4.69, 9.17) is 9.47 Å². The second kappa shape index (κ2) is 11.8. The largest absolute Gasteiger partial charge is 0.457 e. The topological polar surface area (TPSA) is 93.7 Å². The molecule has 0 bridgehead atoms. The van der Waals surface area contributed by atoms with Gasteiger partial charge in [-0.15, -0.1) is 0 Å². The van der Waals surface area contributed by atoms with Gasteiger partial charge in [-0.05, 0) is 98.5 Å². The van der Waals surface area contributed by atoms with Crippen LogP contribution in [0, 0.1) is 27.7 Å². The Kier molecular flexibility index (Phi) is 8.62. The van der Waals surface area contributed by atoms with Crippen LogP contribution in [0.25, 0.3) is 0 Å². The van der Waals surface area contributed by atoms with Crippen LogP contribution in [0.4, 0.5) is 11.4 Å². The summed E-state index contributed by atoms with van der Waals surface area (Å²) >= 11 is 0. The van der Waals surface area contributed by atoms with Gasteiger partial charge in [0.05, 0.1) is 6.42 Å². The van der Waals surface area contributed by atoms with Crippen molar-refractivity contribution in [2.75, 3.05) is 17.2 Å². The van der Waals surface area contributed by atoms with E-state index >= 15 is 0 Å². The molecule has 0 radical (unpaired) electrons. The fraction of sp³-hybridized carbons (Fsp3) is 0.250. The molecule has 0 aliphatic rings. The van der Waals surface area contributed by atoms with Gasteiger partial charge in [0.15, 0.2) is 6.61 Å². The van der Waals surface area contributed by atoms with Crippen LogP contribution in [0.3, 0.4) is 0 Å². The van der Waals surface area contributed by atoms with Crippen molar-refractivity contribution in [1.82, 2.24) is 0 Å². The molecule has 0 saturated heterocycles. The lowest BCUT2D eigenvalue weighted by Gasteiger charge is -2.10. The van der Waals surface area contributed by atoms with Crippen LogP contribution in [-0.4, -0.2) is 24.4 Å². The normalized spacial score (nSPS) is 10.4. The first-order chi connectivity index (χ1) is 16.7. The highest BCUT2D eigenvalue weighted by atomic mass is 16.5. The van der Waals surface area contributed by atoms with Crippen molar-refractivity contribution in [2.24, 2.45) is 0 Å². The molecule has 0 spiro atoms. The zero-order valence-electron chi connectivity index (χ0n) is 20.4. The van der Waals surface area contributed by atoms with E-state index in [-0.39, 0.29) is 18.7 Å². The summed E-state index contributed by atoms with van der Waals surface area (Å²) in [4.78, 5) is 36.1. The van der Waals surface area contributed by atoms with E-state index in [9.17, 15) is 14.4 Å². The highest BCUT2D eigenvalue weighted by Gasteiger charge is 2.11. The first-order valence-electron chi connectivity index (χ1n) is 11.4. The van der Waals surface area contributed by atoms with Crippen LogP contribution >= 0.6 is 0 Å². The molecule has 7 nitrogen and oxygen atoms in total. The predicted octanol–water partition coefficient (Wildman–Crippen LogP) is 5.61. The van der Waals surface area contributed by atoms with Crippen LogP contribution < -0.4 is 15.4 Å². The SMILES string of the molecule is Cc1cc(C)cc(NC(=O)COC(=O)CCC(=O)Nc2ccc(Oc3ccc(C)c(C)c3)cc2)c1. The van der Waals surface area contributed by atoms with Gasteiger partial charge in [-0.3, -0.25) is 14.4 Å². The van der Waals surface area contributed by atoms with Gasteiger partial charge in [0, 0.05) is 17.8 Å². The molecule has 3 aromatic carbocycles. The second-order valence-electron chi connectivity index (χ2n) is 8.51. The molecule has 0 aliphatic carbocycles. The van der Waals surface area contributed by atoms with Crippen molar-refractivity contribution >= 4 is 29.2 Å². The van der Waals surface area contributed by atoms with Crippen LogP contribution in [-0.2, 0) is 19.1 Å². The molecule has 0 aromatic heterocycles. The molecule has 35 heavy (non-hydrogen) atoms. The molecule has 0 aliphatic heterocycles. The standard InChI is InChI=1S/C28H30N2O5/c1-18-13-19(2)15-23(14-18)30-27(32)17-34-28(33)12-11-26(31)29-22-6-9-24(10-7-22)35-25-8-5-20(3)21(4)16-25/h5-10,13-16H,11-12,17H2,1-4H3,(H,29,31)(H,30,32). The third-order valence-corrected chi connectivity index (χ3v) is 5.28. The summed E-state index contributed by atoms with van der Waals surface area (Å²) < 4.78 is 10.8. The number of carbonyl (C=O) groups is 3. The molecule has 3 rings (SSSR count). The van der Waals surface area contributed by atoms with Gasteiger partial charge in [0.1, 0.15) is 11.5 Å². The van der Waals surface area contributed by atoms with E-state index in [1.165, 1.54) is 5.56 Å². The smallest absolute Gasteiger partial charge is 0.306 e. The van der Waals surface area contributed by atoms with E-state index < -0.39 is 18.5 Å². The first-order valence-corrected chi connectivity index (χ1v) is 11.4. The fourth-order valence-electron chi connectivity index (χ4n) is 3.42. The quantitative estimate of drug-likeness (QED) is 0.393. The van der Waals surface area contributed by atoms with Crippen LogP contribution in [0.15, 0.2) is 60.7 Å². The summed E-state index contributed by atoms with van der Waals surface area (Å²) in [5, 5.41) is 5.43. The van der Waals surface area contributed by atoms with Gasteiger partial charge in [-0.25, -0.2) is 0 Å². The van der Waals surface area contributed by atoms with Crippen molar-refractivity contribution in [1.29, 1.82) is 0 Å². The maximum atomic E-state index is 12.2. The summed E-state index contributed by atoms with van der Waals surface area (Å²) in [6.07, 6.45) is -0.185. The number of amides is 2. The summed E-state index contributed by atoms with van der Waals surface area (Å²) in [7, 11) is 0. The minimum absolute atomic E-state index is 0.0571. The van der Waals surface area contributed by atoms with Gasteiger partial charge < -0.3 is 20.1 Å². The monoisotopic (exact) mass is 474 g/mol. The number of rotatable bonds is 9. The van der Waals surface area contributed by atoms with Crippen molar-refractivity contribution in [3.05, 3.63) is 82.9 Å². The fourth-order valence-corrected chi connectivity index (χ4v) is 3.42. The average molecular weight is 475 g/mol. The molecule has 0 atom stereocenters. The van der Waals surface area contributed by atoms with Gasteiger partial charge in [-0.1, -0.05) is 12.1 Å². The molecule has 0 unspecified atom stereocenters. The lowest BCUT2D eigenvalue weighted by Crippen LogP contribution is -2.21. The van der Waals surface area contributed by atoms with Crippen molar-refractivity contribution in [3.63, 3.8) is 0 Å². The number of benzene rings is 3. The molecule has 182 valence electrons. The zero-order chi connectivity index (χ0) is 25.4. The third kappa shape index (κ3) is 8.30. The third-order valence-electron chi connectivity index (χ3n) is 5.28. The second-order valence-corrected chi connectivity index (χ2v) is 8.51. The minimum Gasteiger partial charge on any atom is -0.457 e. The Labute approximate surface area is 205 Å². The minimum atomic E-state index is -0.618. The summed E-state index contributed by atoms with van der Waals surface area (Å²) in [5.74, 6) is 0.00763. The van der Waals surface area contributed by atoms with E-state index in [2.05, 4.69) is 10.6 Å². The number of anilines is 2. The Morgan fingerprint density at radius 1 is 0.657 bits per heavy atom. The number of carbonyl (C=O) groups excluding carboxylic acids is 3. The Morgan fingerprint density at radius 3 is 1.94 bits per heavy atom. The number of nitrogens with one attached hydrogen (secondary N) is 2. The van der Waals surface area contributed by atoms with E-state index in [0.29, 0.717) is 17.1 Å². The molecular weight excluding hydrogens is 444 g/mol. The summed E-state index contributed by atoms with van der Waals surface area (Å²) in [5.41, 5.74) is 5.61. The Hall–Kier alpha value is -4.13. The summed E-state index contributed by atoms with van der Waals surface area (Å²) in [6, 6.07) is 18.5. The molecule has 0 saturated carbocycles. The summed E-state index contributed by atoms with van der Waals surface area (Å²) in [6.45, 7) is 7.53. The molecule has 7 heteroatoms. The highest BCUT2D eigenvalue weighted by Crippen LogP contribution is 2.25.